The zero-order valence-electron chi connectivity index (χ0n) is 14.6. The molecule has 2 N–H and O–H groups in total. The number of nitrogens with one attached hydrogen (secondary N) is 2. The minimum Gasteiger partial charge on any atom is -0.378 e. The van der Waals surface area contributed by atoms with Crippen LogP contribution in [0.3, 0.4) is 0 Å². The highest BCUT2D eigenvalue weighted by molar-refractivity contribution is 6.00. The molecule has 0 unspecified atom stereocenters. The van der Waals surface area contributed by atoms with Crippen LogP contribution in [0.1, 0.15) is 15.9 Å². The first-order chi connectivity index (χ1) is 13.3. The number of rotatable bonds is 3. The third-order valence-corrected chi connectivity index (χ3v) is 4.02. The predicted molar refractivity (Wildman–Crippen MR) is 95.0 cm³/mol. The largest absolute Gasteiger partial charge is 0.416 e. The number of pyridine rings is 1. The average molecular weight is 394 g/mol. The van der Waals surface area contributed by atoms with Crippen molar-refractivity contribution in [1.29, 1.82) is 0 Å². The number of carbonyl (C=O) groups is 2. The molecule has 1 aromatic heterocycles. The standard InChI is InChI=1S/C18H17F3N4O3/c19-18(20,21)13-1-3-14(4-2-13)23-17(27)24-15-11-12(5-6-22-15)16(26)25-7-9-28-10-8-25/h1-6,11H,7-10H2,(H2,22,23,24,27). The molecule has 0 atom stereocenters. The fourth-order valence-electron chi connectivity index (χ4n) is 2.60. The van der Waals surface area contributed by atoms with Gasteiger partial charge in [-0.15, -0.1) is 0 Å². The Morgan fingerprint density at radius 1 is 1.04 bits per heavy atom. The minimum atomic E-state index is -4.45. The third-order valence-electron chi connectivity index (χ3n) is 4.02. The molecule has 3 amide bonds. The molecule has 0 bridgehead atoms. The lowest BCUT2D eigenvalue weighted by atomic mass is 10.2. The summed E-state index contributed by atoms with van der Waals surface area (Å²) < 4.78 is 42.9. The maximum atomic E-state index is 12.6. The zero-order valence-corrected chi connectivity index (χ0v) is 14.6. The minimum absolute atomic E-state index is 0.142. The van der Waals surface area contributed by atoms with Crippen LogP contribution in [0.25, 0.3) is 0 Å². The third kappa shape index (κ3) is 4.97. The number of morpholine rings is 1. The lowest BCUT2D eigenvalue weighted by molar-refractivity contribution is -0.137. The number of hydrogen-bond acceptors (Lipinski definition) is 4. The number of amides is 3. The Morgan fingerprint density at radius 3 is 2.36 bits per heavy atom. The smallest absolute Gasteiger partial charge is 0.378 e. The summed E-state index contributed by atoms with van der Waals surface area (Å²) in [7, 11) is 0. The number of ether oxygens (including phenoxy) is 1. The van der Waals surface area contributed by atoms with Crippen LogP contribution in [-0.2, 0) is 10.9 Å². The van der Waals surface area contributed by atoms with E-state index in [4.69, 9.17) is 4.74 Å². The molecular weight excluding hydrogens is 377 g/mol. The summed E-state index contributed by atoms with van der Waals surface area (Å²) in [5.41, 5.74) is -0.262. The maximum absolute atomic E-state index is 12.6. The lowest BCUT2D eigenvalue weighted by Gasteiger charge is -2.26. The number of halogens is 3. The summed E-state index contributed by atoms with van der Waals surface area (Å²) in [6, 6.07) is 6.32. The summed E-state index contributed by atoms with van der Waals surface area (Å²) >= 11 is 0. The molecule has 148 valence electrons. The molecule has 3 rings (SSSR count). The fraction of sp³-hybridized carbons (Fsp3) is 0.278. The summed E-state index contributed by atoms with van der Waals surface area (Å²) in [6.07, 6.45) is -3.06. The van der Waals surface area contributed by atoms with Crippen molar-refractivity contribution in [2.75, 3.05) is 36.9 Å². The molecular formula is C18H17F3N4O3. The second-order valence-corrected chi connectivity index (χ2v) is 5.99. The Bertz CT molecular complexity index is 850. The first-order valence-electron chi connectivity index (χ1n) is 8.41. The van der Waals surface area contributed by atoms with Gasteiger partial charge in [-0.1, -0.05) is 0 Å². The van der Waals surface area contributed by atoms with Crippen molar-refractivity contribution in [3.05, 3.63) is 53.7 Å². The number of aromatic nitrogens is 1. The van der Waals surface area contributed by atoms with Crippen molar-refractivity contribution in [3.63, 3.8) is 0 Å². The van der Waals surface area contributed by atoms with Gasteiger partial charge >= 0.3 is 12.2 Å². The van der Waals surface area contributed by atoms with Gasteiger partial charge in [0.15, 0.2) is 0 Å². The van der Waals surface area contributed by atoms with Crippen molar-refractivity contribution in [2.45, 2.75) is 6.18 Å². The van der Waals surface area contributed by atoms with E-state index in [1.165, 1.54) is 18.3 Å². The Balaban J connectivity index is 1.62. The van der Waals surface area contributed by atoms with Gasteiger partial charge in [-0.05, 0) is 36.4 Å². The Labute approximate surface area is 158 Å². The number of carbonyl (C=O) groups excluding carboxylic acids is 2. The van der Waals surface area contributed by atoms with E-state index < -0.39 is 17.8 Å². The molecule has 0 spiro atoms. The lowest BCUT2D eigenvalue weighted by Crippen LogP contribution is -2.40. The van der Waals surface area contributed by atoms with Crippen LogP contribution in [-0.4, -0.2) is 48.1 Å². The van der Waals surface area contributed by atoms with Gasteiger partial charge in [0.05, 0.1) is 18.8 Å². The highest BCUT2D eigenvalue weighted by Gasteiger charge is 2.30. The van der Waals surface area contributed by atoms with Crippen molar-refractivity contribution in [2.24, 2.45) is 0 Å². The quantitative estimate of drug-likeness (QED) is 0.837. The van der Waals surface area contributed by atoms with E-state index in [0.29, 0.717) is 31.9 Å². The first kappa shape index (κ1) is 19.6. The van der Waals surface area contributed by atoms with Crippen LogP contribution in [0.15, 0.2) is 42.6 Å². The van der Waals surface area contributed by atoms with Gasteiger partial charge in [-0.25, -0.2) is 9.78 Å². The normalized spacial score (nSPS) is 14.5. The fourth-order valence-corrected chi connectivity index (χ4v) is 2.60. The number of nitrogens with zero attached hydrogens (tertiary/aromatic N) is 2. The maximum Gasteiger partial charge on any atom is 0.416 e. The first-order valence-corrected chi connectivity index (χ1v) is 8.41. The monoisotopic (exact) mass is 394 g/mol. The van der Waals surface area contributed by atoms with Crippen molar-refractivity contribution in [1.82, 2.24) is 9.88 Å². The summed E-state index contributed by atoms with van der Waals surface area (Å²) in [5, 5.41) is 4.87. The predicted octanol–water partition coefficient (Wildman–Crippen LogP) is 3.22. The molecule has 2 heterocycles. The topological polar surface area (TPSA) is 83.6 Å². The second-order valence-electron chi connectivity index (χ2n) is 5.99. The van der Waals surface area contributed by atoms with Crippen molar-refractivity contribution >= 4 is 23.4 Å². The molecule has 1 fully saturated rings. The molecule has 0 aliphatic carbocycles. The highest BCUT2D eigenvalue weighted by Crippen LogP contribution is 2.29. The second kappa shape index (κ2) is 8.26. The van der Waals surface area contributed by atoms with Crippen molar-refractivity contribution < 1.29 is 27.5 Å². The number of benzene rings is 1. The molecule has 2 aromatic rings. The van der Waals surface area contributed by atoms with E-state index in [2.05, 4.69) is 15.6 Å². The molecule has 1 aliphatic rings. The van der Waals surface area contributed by atoms with Gasteiger partial charge in [0.25, 0.3) is 5.91 Å². The van der Waals surface area contributed by atoms with Gasteiger partial charge in [0, 0.05) is 30.5 Å². The number of anilines is 2. The molecule has 1 aliphatic heterocycles. The van der Waals surface area contributed by atoms with E-state index in [1.807, 2.05) is 0 Å². The molecule has 1 aromatic carbocycles. The Kier molecular flexibility index (Phi) is 5.78. The van der Waals surface area contributed by atoms with E-state index in [-0.39, 0.29) is 17.4 Å². The Hall–Kier alpha value is -3.14. The zero-order chi connectivity index (χ0) is 20.1. The van der Waals surface area contributed by atoms with Crippen LogP contribution in [0.2, 0.25) is 0 Å². The van der Waals surface area contributed by atoms with Crippen molar-refractivity contribution in [3.8, 4) is 0 Å². The van der Waals surface area contributed by atoms with E-state index in [1.54, 1.807) is 4.90 Å². The van der Waals surface area contributed by atoms with Crippen LogP contribution in [0.5, 0.6) is 0 Å². The van der Waals surface area contributed by atoms with Gasteiger partial charge in [0.1, 0.15) is 5.82 Å². The average Bonchev–Trinajstić information content (AvgIpc) is 2.68. The number of urea groups is 1. The summed E-state index contributed by atoms with van der Waals surface area (Å²) in [5.74, 6) is -0.0552. The van der Waals surface area contributed by atoms with Crippen LogP contribution in [0.4, 0.5) is 29.5 Å². The molecule has 1 saturated heterocycles. The summed E-state index contributed by atoms with van der Waals surface area (Å²) in [6.45, 7) is 1.91. The van der Waals surface area contributed by atoms with E-state index >= 15 is 0 Å². The molecule has 7 nitrogen and oxygen atoms in total. The Morgan fingerprint density at radius 2 is 1.71 bits per heavy atom. The SMILES string of the molecule is O=C(Nc1ccc(C(F)(F)F)cc1)Nc1cc(C(=O)N2CCOCC2)ccn1. The molecule has 28 heavy (non-hydrogen) atoms. The van der Waals surface area contributed by atoms with Gasteiger partial charge < -0.3 is 15.0 Å². The number of alkyl halides is 3. The highest BCUT2D eigenvalue weighted by atomic mass is 19.4. The number of hydrogen-bond donors (Lipinski definition) is 2. The molecule has 0 saturated carbocycles. The van der Waals surface area contributed by atoms with Gasteiger partial charge in [0.2, 0.25) is 0 Å². The van der Waals surface area contributed by atoms with Crippen LogP contribution >= 0.6 is 0 Å². The molecule has 10 heteroatoms. The van der Waals surface area contributed by atoms with Gasteiger partial charge in [-0.3, -0.25) is 10.1 Å². The molecule has 0 radical (unpaired) electrons. The van der Waals surface area contributed by atoms with Crippen LogP contribution in [0, 0.1) is 0 Å². The van der Waals surface area contributed by atoms with Gasteiger partial charge in [-0.2, -0.15) is 13.2 Å². The van der Waals surface area contributed by atoms with Crippen LogP contribution < -0.4 is 10.6 Å². The van der Waals surface area contributed by atoms with E-state index in [0.717, 1.165) is 24.3 Å². The summed E-state index contributed by atoms with van der Waals surface area (Å²) in [4.78, 5) is 30.1. The van der Waals surface area contributed by atoms with E-state index in [9.17, 15) is 22.8 Å².